The van der Waals surface area contributed by atoms with Gasteiger partial charge in [-0.15, -0.1) is 35.0 Å². The van der Waals surface area contributed by atoms with Crippen LogP contribution in [0.25, 0.3) is 5.65 Å². The minimum atomic E-state index is 0. The Balaban J connectivity index is 0.00000113. The van der Waals surface area contributed by atoms with Gasteiger partial charge in [0.05, 0.1) is 0 Å². The average Bonchev–Trinajstić information content (AvgIpc) is 3.00. The Labute approximate surface area is 160 Å². The van der Waals surface area contributed by atoms with Gasteiger partial charge in [-0.2, -0.15) is 0 Å². The van der Waals surface area contributed by atoms with E-state index in [0.29, 0.717) is 5.92 Å². The predicted molar refractivity (Wildman–Crippen MR) is 106 cm³/mol. The Hall–Kier alpha value is -1.82. The Kier molecular flexibility index (Phi) is 6.64. The SMILES string of the molecule is Cl.Cl.Nc1cccc(CN2CCC(c3nnc4ccccn34)CC2)c1. The molecule has 2 aromatic heterocycles. The normalized spacial score (nSPS) is 15.5. The number of halogens is 2. The van der Waals surface area contributed by atoms with Crippen LogP contribution >= 0.6 is 24.8 Å². The van der Waals surface area contributed by atoms with Crippen molar-refractivity contribution in [3.63, 3.8) is 0 Å². The minimum absolute atomic E-state index is 0. The molecule has 1 aliphatic heterocycles. The van der Waals surface area contributed by atoms with Gasteiger partial charge in [0, 0.05) is 24.3 Å². The molecule has 1 saturated heterocycles. The third kappa shape index (κ3) is 4.24. The van der Waals surface area contributed by atoms with E-state index in [0.717, 1.165) is 49.6 Å². The first kappa shape index (κ1) is 19.5. The second kappa shape index (κ2) is 8.52. The Morgan fingerprint density at radius 3 is 2.56 bits per heavy atom. The largest absolute Gasteiger partial charge is 0.399 e. The summed E-state index contributed by atoms with van der Waals surface area (Å²) in [7, 11) is 0. The highest BCUT2D eigenvalue weighted by Crippen LogP contribution is 2.27. The van der Waals surface area contributed by atoms with Crippen molar-refractivity contribution in [2.75, 3.05) is 18.8 Å². The number of hydrogen-bond acceptors (Lipinski definition) is 4. The van der Waals surface area contributed by atoms with E-state index in [1.165, 1.54) is 5.56 Å². The summed E-state index contributed by atoms with van der Waals surface area (Å²) in [5.41, 5.74) is 8.93. The lowest BCUT2D eigenvalue weighted by atomic mass is 9.95. The van der Waals surface area contributed by atoms with Gasteiger partial charge >= 0.3 is 0 Å². The molecular weight excluding hydrogens is 357 g/mol. The topological polar surface area (TPSA) is 59.5 Å². The lowest BCUT2D eigenvalue weighted by molar-refractivity contribution is 0.201. The predicted octanol–water partition coefficient (Wildman–Crippen LogP) is 3.53. The number of benzene rings is 1. The Morgan fingerprint density at radius 2 is 1.80 bits per heavy atom. The third-order valence-electron chi connectivity index (χ3n) is 4.65. The summed E-state index contributed by atoms with van der Waals surface area (Å²) in [6.45, 7) is 3.14. The smallest absolute Gasteiger partial charge is 0.160 e. The van der Waals surface area contributed by atoms with E-state index in [4.69, 9.17) is 5.73 Å². The molecule has 0 saturated carbocycles. The van der Waals surface area contributed by atoms with Crippen LogP contribution in [0.15, 0.2) is 48.7 Å². The first-order chi connectivity index (χ1) is 11.3. The summed E-state index contributed by atoms with van der Waals surface area (Å²) in [4.78, 5) is 2.49. The fourth-order valence-electron chi connectivity index (χ4n) is 3.44. The molecule has 0 bridgehead atoms. The van der Waals surface area contributed by atoms with Crippen molar-refractivity contribution in [2.45, 2.75) is 25.3 Å². The first-order valence-corrected chi connectivity index (χ1v) is 8.16. The van der Waals surface area contributed by atoms with Crippen LogP contribution in [-0.2, 0) is 6.54 Å². The van der Waals surface area contributed by atoms with Crippen LogP contribution in [0.5, 0.6) is 0 Å². The molecule has 0 aliphatic carbocycles. The van der Waals surface area contributed by atoms with Crippen LogP contribution < -0.4 is 5.73 Å². The van der Waals surface area contributed by atoms with Crippen molar-refractivity contribution in [2.24, 2.45) is 0 Å². The zero-order chi connectivity index (χ0) is 15.6. The molecule has 2 N–H and O–H groups in total. The Morgan fingerprint density at radius 1 is 1.00 bits per heavy atom. The fraction of sp³-hybridized carbons (Fsp3) is 0.333. The number of hydrogen-bond donors (Lipinski definition) is 1. The van der Waals surface area contributed by atoms with Crippen molar-refractivity contribution in [1.29, 1.82) is 0 Å². The van der Waals surface area contributed by atoms with Gasteiger partial charge < -0.3 is 5.73 Å². The number of nitrogens with two attached hydrogens (primary N) is 1. The minimum Gasteiger partial charge on any atom is -0.399 e. The summed E-state index contributed by atoms with van der Waals surface area (Å²) >= 11 is 0. The molecule has 0 atom stereocenters. The molecule has 0 radical (unpaired) electrons. The summed E-state index contributed by atoms with van der Waals surface area (Å²) < 4.78 is 2.12. The molecule has 4 rings (SSSR count). The average molecular weight is 380 g/mol. The highest BCUT2D eigenvalue weighted by atomic mass is 35.5. The fourth-order valence-corrected chi connectivity index (χ4v) is 3.44. The zero-order valence-electron chi connectivity index (χ0n) is 13.9. The third-order valence-corrected chi connectivity index (χ3v) is 4.65. The van der Waals surface area contributed by atoms with E-state index < -0.39 is 0 Å². The second-order valence-electron chi connectivity index (χ2n) is 6.28. The number of piperidine rings is 1. The quantitative estimate of drug-likeness (QED) is 0.707. The molecular formula is C18H23Cl2N5. The molecule has 0 spiro atoms. The van der Waals surface area contributed by atoms with Crippen molar-refractivity contribution in [1.82, 2.24) is 19.5 Å². The molecule has 134 valence electrons. The number of likely N-dealkylation sites (tertiary alicyclic amines) is 1. The molecule has 1 aromatic carbocycles. The van der Waals surface area contributed by atoms with Crippen LogP contribution in [-0.4, -0.2) is 32.6 Å². The molecule has 0 unspecified atom stereocenters. The van der Waals surface area contributed by atoms with Gasteiger partial charge in [0.25, 0.3) is 0 Å². The van der Waals surface area contributed by atoms with Gasteiger partial charge in [-0.05, 0) is 55.8 Å². The van der Waals surface area contributed by atoms with Gasteiger partial charge in [0.15, 0.2) is 5.65 Å². The second-order valence-corrected chi connectivity index (χ2v) is 6.28. The molecule has 0 amide bonds. The number of aromatic nitrogens is 3. The van der Waals surface area contributed by atoms with Gasteiger partial charge in [0.2, 0.25) is 0 Å². The molecule has 3 heterocycles. The van der Waals surface area contributed by atoms with Gasteiger partial charge in [0.1, 0.15) is 5.82 Å². The van der Waals surface area contributed by atoms with Gasteiger partial charge in [-0.1, -0.05) is 18.2 Å². The van der Waals surface area contributed by atoms with Crippen LogP contribution in [0.1, 0.15) is 30.1 Å². The van der Waals surface area contributed by atoms with E-state index in [-0.39, 0.29) is 24.8 Å². The highest BCUT2D eigenvalue weighted by molar-refractivity contribution is 5.85. The van der Waals surface area contributed by atoms with Crippen molar-refractivity contribution < 1.29 is 0 Å². The van der Waals surface area contributed by atoms with E-state index in [1.54, 1.807) is 0 Å². The lowest BCUT2D eigenvalue weighted by Crippen LogP contribution is -2.33. The molecule has 5 nitrogen and oxygen atoms in total. The number of fused-ring (bicyclic) bond motifs is 1. The summed E-state index contributed by atoms with van der Waals surface area (Å²) in [6, 6.07) is 14.2. The Bertz CT molecular complexity index is 812. The maximum atomic E-state index is 5.87. The van der Waals surface area contributed by atoms with Gasteiger partial charge in [-0.3, -0.25) is 9.30 Å². The molecule has 25 heavy (non-hydrogen) atoms. The van der Waals surface area contributed by atoms with Crippen molar-refractivity contribution in [3.05, 3.63) is 60.0 Å². The van der Waals surface area contributed by atoms with Crippen LogP contribution in [0, 0.1) is 0 Å². The van der Waals surface area contributed by atoms with Crippen LogP contribution in [0.4, 0.5) is 5.69 Å². The first-order valence-electron chi connectivity index (χ1n) is 8.16. The number of rotatable bonds is 3. The molecule has 1 aliphatic rings. The highest BCUT2D eigenvalue weighted by Gasteiger charge is 2.24. The summed E-state index contributed by atoms with van der Waals surface area (Å²) in [5.74, 6) is 1.59. The number of nitrogen functional groups attached to an aromatic ring is 1. The zero-order valence-corrected chi connectivity index (χ0v) is 15.5. The standard InChI is InChI=1S/C18H21N5.2ClH/c19-16-5-3-4-14(12-16)13-22-10-7-15(8-11-22)18-21-20-17-6-1-2-9-23(17)18;;/h1-6,9,12,15H,7-8,10-11,13,19H2;2*1H. The van der Waals surface area contributed by atoms with E-state index in [9.17, 15) is 0 Å². The van der Waals surface area contributed by atoms with E-state index in [1.807, 2.05) is 30.3 Å². The van der Waals surface area contributed by atoms with Crippen LogP contribution in [0.2, 0.25) is 0 Å². The summed E-state index contributed by atoms with van der Waals surface area (Å²) in [6.07, 6.45) is 4.31. The monoisotopic (exact) mass is 379 g/mol. The molecule has 1 fully saturated rings. The van der Waals surface area contributed by atoms with Crippen LogP contribution in [0.3, 0.4) is 0 Å². The maximum Gasteiger partial charge on any atom is 0.160 e. The van der Waals surface area contributed by atoms with E-state index in [2.05, 4.69) is 37.8 Å². The number of anilines is 1. The molecule has 3 aromatic rings. The summed E-state index contributed by atoms with van der Waals surface area (Å²) in [5, 5.41) is 8.69. The maximum absolute atomic E-state index is 5.87. The van der Waals surface area contributed by atoms with E-state index >= 15 is 0 Å². The van der Waals surface area contributed by atoms with Crippen molar-refractivity contribution >= 4 is 36.1 Å². The van der Waals surface area contributed by atoms with Crippen molar-refractivity contribution in [3.8, 4) is 0 Å². The molecule has 7 heteroatoms. The number of nitrogens with zero attached hydrogens (tertiary/aromatic N) is 4. The lowest BCUT2D eigenvalue weighted by Gasteiger charge is -2.31. The number of pyridine rings is 1. The van der Waals surface area contributed by atoms with Gasteiger partial charge in [-0.25, -0.2) is 0 Å².